The van der Waals surface area contributed by atoms with Crippen LogP contribution in [-0.4, -0.2) is 42.8 Å². The number of fused-ring (bicyclic) bond motifs is 1. The van der Waals surface area contributed by atoms with Crippen LogP contribution in [0.15, 0.2) is 18.2 Å². The second kappa shape index (κ2) is 6.12. The minimum Gasteiger partial charge on any atom is -0.493 e. The number of carbonyl (C=O) groups is 1. The molecule has 22 heavy (non-hydrogen) atoms. The van der Waals surface area contributed by atoms with Crippen molar-refractivity contribution in [2.75, 3.05) is 19.8 Å². The van der Waals surface area contributed by atoms with E-state index < -0.39 is 0 Å². The van der Waals surface area contributed by atoms with Crippen LogP contribution >= 0.6 is 0 Å². The van der Waals surface area contributed by atoms with Crippen molar-refractivity contribution in [1.29, 1.82) is 0 Å². The number of ether oxygens (including phenoxy) is 2. The van der Waals surface area contributed by atoms with Gasteiger partial charge in [-0.3, -0.25) is 0 Å². The zero-order valence-corrected chi connectivity index (χ0v) is 12.8. The summed E-state index contributed by atoms with van der Waals surface area (Å²) in [5.74, 6) is 0.318. The Morgan fingerprint density at radius 1 is 1.41 bits per heavy atom. The molecular formula is C16H21FN2O3. The number of hydrogen-bond acceptors (Lipinski definition) is 3. The highest BCUT2D eigenvalue weighted by Crippen LogP contribution is 2.32. The van der Waals surface area contributed by atoms with E-state index in [1.807, 2.05) is 13.8 Å². The van der Waals surface area contributed by atoms with E-state index in [-0.39, 0.29) is 30.0 Å². The molecule has 1 aromatic rings. The molecule has 0 aliphatic carbocycles. The molecule has 2 amide bonds. The average molecular weight is 308 g/mol. The van der Waals surface area contributed by atoms with Gasteiger partial charge in [0.25, 0.3) is 0 Å². The van der Waals surface area contributed by atoms with Crippen molar-refractivity contribution in [3.05, 3.63) is 29.6 Å². The van der Waals surface area contributed by atoms with Crippen LogP contribution in [0.2, 0.25) is 0 Å². The summed E-state index contributed by atoms with van der Waals surface area (Å²) in [6.45, 7) is 5.52. The quantitative estimate of drug-likeness (QED) is 0.867. The molecule has 2 aliphatic heterocycles. The second-order valence-corrected chi connectivity index (χ2v) is 5.97. The summed E-state index contributed by atoms with van der Waals surface area (Å²) in [6.07, 6.45) is 0.664. The fraction of sp³-hybridized carbons (Fsp3) is 0.562. The molecule has 1 N–H and O–H groups in total. The number of nitrogens with zero attached hydrogens (tertiary/aromatic N) is 1. The first-order chi connectivity index (χ1) is 10.5. The Morgan fingerprint density at radius 2 is 2.23 bits per heavy atom. The molecule has 0 aromatic heterocycles. The standard InChI is InChI=1S/C16H21FN2O3/c1-10-9-22-11(2)8-19(10)16(20)18-14-5-6-21-15-4-3-12(17)7-13(14)15/h3-4,7,10-11,14H,5-6,8-9H2,1-2H3,(H,18,20). The Labute approximate surface area is 129 Å². The summed E-state index contributed by atoms with van der Waals surface area (Å²) < 4.78 is 24.5. The van der Waals surface area contributed by atoms with Gasteiger partial charge in [0.05, 0.1) is 31.4 Å². The fourth-order valence-electron chi connectivity index (χ4n) is 2.93. The van der Waals surface area contributed by atoms with E-state index in [4.69, 9.17) is 9.47 Å². The van der Waals surface area contributed by atoms with E-state index in [2.05, 4.69) is 5.32 Å². The molecule has 2 aliphatic rings. The molecule has 1 fully saturated rings. The van der Waals surface area contributed by atoms with E-state index in [9.17, 15) is 9.18 Å². The van der Waals surface area contributed by atoms with Crippen LogP contribution in [0.5, 0.6) is 5.75 Å². The highest BCUT2D eigenvalue weighted by atomic mass is 19.1. The van der Waals surface area contributed by atoms with Gasteiger partial charge < -0.3 is 19.7 Å². The van der Waals surface area contributed by atoms with Crippen LogP contribution < -0.4 is 10.1 Å². The Bertz CT molecular complexity index is 566. The predicted molar refractivity (Wildman–Crippen MR) is 79.4 cm³/mol. The maximum absolute atomic E-state index is 13.5. The fourth-order valence-corrected chi connectivity index (χ4v) is 2.93. The molecule has 1 aromatic carbocycles. The highest BCUT2D eigenvalue weighted by molar-refractivity contribution is 5.75. The molecule has 3 rings (SSSR count). The van der Waals surface area contributed by atoms with Crippen LogP contribution in [0, 0.1) is 5.82 Å². The lowest BCUT2D eigenvalue weighted by atomic mass is 10.0. The molecule has 1 saturated heterocycles. The van der Waals surface area contributed by atoms with Crippen molar-refractivity contribution in [1.82, 2.24) is 10.2 Å². The van der Waals surface area contributed by atoms with Crippen LogP contribution in [-0.2, 0) is 4.74 Å². The molecule has 0 saturated carbocycles. The molecule has 6 heteroatoms. The third-order valence-corrected chi connectivity index (χ3v) is 4.18. The Balaban J connectivity index is 1.74. The summed E-state index contributed by atoms with van der Waals surface area (Å²) >= 11 is 0. The lowest BCUT2D eigenvalue weighted by molar-refractivity contribution is -0.0323. The van der Waals surface area contributed by atoms with E-state index in [0.717, 1.165) is 0 Å². The topological polar surface area (TPSA) is 50.8 Å². The van der Waals surface area contributed by atoms with Crippen molar-refractivity contribution in [3.63, 3.8) is 0 Å². The Kier molecular flexibility index (Phi) is 4.20. The molecule has 3 atom stereocenters. The minimum atomic E-state index is -0.322. The van der Waals surface area contributed by atoms with Crippen molar-refractivity contribution in [2.45, 2.75) is 38.5 Å². The van der Waals surface area contributed by atoms with Crippen LogP contribution in [0.4, 0.5) is 9.18 Å². The number of benzene rings is 1. The molecule has 120 valence electrons. The number of morpholine rings is 1. The van der Waals surface area contributed by atoms with E-state index in [1.54, 1.807) is 11.0 Å². The van der Waals surface area contributed by atoms with Gasteiger partial charge in [0.15, 0.2) is 0 Å². The number of rotatable bonds is 1. The predicted octanol–water partition coefficient (Wildman–Crippen LogP) is 2.47. The van der Waals surface area contributed by atoms with Gasteiger partial charge in [-0.1, -0.05) is 0 Å². The van der Waals surface area contributed by atoms with Crippen molar-refractivity contribution >= 4 is 6.03 Å². The number of carbonyl (C=O) groups excluding carboxylic acids is 1. The molecule has 5 nitrogen and oxygen atoms in total. The van der Waals surface area contributed by atoms with Gasteiger partial charge in [-0.25, -0.2) is 9.18 Å². The van der Waals surface area contributed by atoms with Gasteiger partial charge >= 0.3 is 6.03 Å². The zero-order chi connectivity index (χ0) is 15.7. The Hall–Kier alpha value is -1.82. The van der Waals surface area contributed by atoms with Gasteiger partial charge in [-0.2, -0.15) is 0 Å². The summed E-state index contributed by atoms with van der Waals surface area (Å²) in [5, 5.41) is 3.01. The zero-order valence-electron chi connectivity index (χ0n) is 12.8. The maximum atomic E-state index is 13.5. The minimum absolute atomic E-state index is 0.0290. The summed E-state index contributed by atoms with van der Waals surface area (Å²) in [6, 6.07) is 4.09. The lowest BCUT2D eigenvalue weighted by Crippen LogP contribution is -2.54. The van der Waals surface area contributed by atoms with Crippen molar-refractivity contribution in [2.24, 2.45) is 0 Å². The summed E-state index contributed by atoms with van der Waals surface area (Å²) in [5.41, 5.74) is 0.702. The van der Waals surface area contributed by atoms with Crippen LogP contribution in [0.3, 0.4) is 0 Å². The largest absolute Gasteiger partial charge is 0.493 e. The molecular weight excluding hydrogens is 287 g/mol. The summed E-state index contributed by atoms with van der Waals surface area (Å²) in [4.78, 5) is 14.3. The smallest absolute Gasteiger partial charge is 0.318 e. The van der Waals surface area contributed by atoms with E-state index in [0.29, 0.717) is 37.5 Å². The number of hydrogen-bond donors (Lipinski definition) is 1. The van der Waals surface area contributed by atoms with E-state index in [1.165, 1.54) is 12.1 Å². The number of nitrogens with one attached hydrogen (secondary N) is 1. The van der Waals surface area contributed by atoms with Gasteiger partial charge in [0, 0.05) is 18.5 Å². The van der Waals surface area contributed by atoms with E-state index >= 15 is 0 Å². The highest BCUT2D eigenvalue weighted by Gasteiger charge is 2.30. The van der Waals surface area contributed by atoms with Crippen molar-refractivity contribution < 1.29 is 18.7 Å². The summed E-state index contributed by atoms with van der Waals surface area (Å²) in [7, 11) is 0. The monoisotopic (exact) mass is 308 g/mol. The van der Waals surface area contributed by atoms with Crippen LogP contribution in [0.25, 0.3) is 0 Å². The Morgan fingerprint density at radius 3 is 3.05 bits per heavy atom. The van der Waals surface area contributed by atoms with Crippen LogP contribution in [0.1, 0.15) is 31.9 Å². The molecule has 0 spiro atoms. The lowest BCUT2D eigenvalue weighted by Gasteiger charge is -2.38. The maximum Gasteiger partial charge on any atom is 0.318 e. The first kappa shape index (κ1) is 15.1. The number of urea groups is 1. The first-order valence-corrected chi connectivity index (χ1v) is 7.65. The van der Waals surface area contributed by atoms with Gasteiger partial charge in [-0.05, 0) is 32.0 Å². The van der Waals surface area contributed by atoms with Gasteiger partial charge in [0.2, 0.25) is 0 Å². The molecule has 0 radical (unpaired) electrons. The average Bonchev–Trinajstić information content (AvgIpc) is 2.50. The van der Waals surface area contributed by atoms with Crippen molar-refractivity contribution in [3.8, 4) is 5.75 Å². The molecule has 0 bridgehead atoms. The molecule has 2 heterocycles. The second-order valence-electron chi connectivity index (χ2n) is 5.97. The third-order valence-electron chi connectivity index (χ3n) is 4.18. The van der Waals surface area contributed by atoms with Gasteiger partial charge in [-0.15, -0.1) is 0 Å². The third kappa shape index (κ3) is 3.02. The number of amides is 2. The number of halogens is 1. The normalized spacial score (nSPS) is 27.8. The van der Waals surface area contributed by atoms with Gasteiger partial charge in [0.1, 0.15) is 11.6 Å². The SMILES string of the molecule is CC1CN(C(=O)NC2CCOc3ccc(F)cc32)C(C)CO1. The molecule has 3 unspecified atom stereocenters. The first-order valence-electron chi connectivity index (χ1n) is 7.65.